The van der Waals surface area contributed by atoms with E-state index in [1.165, 1.54) is 57.9 Å². The van der Waals surface area contributed by atoms with Gasteiger partial charge in [-0.2, -0.15) is 0 Å². The van der Waals surface area contributed by atoms with Crippen molar-refractivity contribution in [2.24, 2.45) is 34.5 Å². The maximum absolute atomic E-state index is 6.04. The number of nitrogens with zero attached hydrogens (tertiary/aromatic N) is 2. The van der Waals surface area contributed by atoms with Gasteiger partial charge in [0.2, 0.25) is 0 Å². The van der Waals surface area contributed by atoms with Gasteiger partial charge in [-0.25, -0.2) is 0 Å². The fraction of sp³-hybridized carbons (Fsp3) is 0.750. The van der Waals surface area contributed by atoms with Crippen LogP contribution in [-0.4, -0.2) is 62.8 Å². The smallest absolute Gasteiger partial charge is 0.119 e. The Morgan fingerprint density at radius 3 is 2.53 bits per heavy atom. The third kappa shape index (κ3) is 3.85. The molecule has 0 N–H and O–H groups in total. The summed E-state index contributed by atoms with van der Waals surface area (Å²) >= 11 is 0. The van der Waals surface area contributed by atoms with Gasteiger partial charge in [-0.15, -0.1) is 0 Å². The van der Waals surface area contributed by atoms with Gasteiger partial charge in [0.25, 0.3) is 0 Å². The van der Waals surface area contributed by atoms with Crippen LogP contribution < -0.4 is 9.47 Å². The largest absolute Gasteiger partial charge is 0.497 e. The van der Waals surface area contributed by atoms with Crippen LogP contribution in [0.2, 0.25) is 0 Å². The summed E-state index contributed by atoms with van der Waals surface area (Å²) in [5, 5.41) is 0. The highest BCUT2D eigenvalue weighted by Crippen LogP contribution is 2.68. The maximum Gasteiger partial charge on any atom is 0.119 e. The second-order valence-corrected chi connectivity index (χ2v) is 13.3. The number of hydrogen-bond acceptors (Lipinski definition) is 4. The molecule has 4 aliphatic carbocycles. The zero-order valence-corrected chi connectivity index (χ0v) is 23.3. The monoisotopic (exact) mass is 492 g/mol. The first-order chi connectivity index (χ1) is 17.4. The van der Waals surface area contributed by atoms with Crippen LogP contribution >= 0.6 is 0 Å². The van der Waals surface area contributed by atoms with Crippen molar-refractivity contribution in [1.29, 1.82) is 0 Å². The number of ether oxygens (including phenoxy) is 2. The van der Waals surface area contributed by atoms with Crippen LogP contribution in [0.4, 0.5) is 0 Å². The van der Waals surface area contributed by atoms with Crippen LogP contribution in [0, 0.1) is 34.5 Å². The molecule has 8 atom stereocenters. The number of likely N-dealkylation sites (N-methyl/N-ethyl adjacent to an activating group) is 1. The average molecular weight is 493 g/mol. The Morgan fingerprint density at radius 1 is 1.00 bits per heavy atom. The van der Waals surface area contributed by atoms with Gasteiger partial charge in [-0.3, -0.25) is 4.90 Å². The van der Waals surface area contributed by atoms with E-state index in [-0.39, 0.29) is 0 Å². The van der Waals surface area contributed by atoms with Crippen molar-refractivity contribution in [1.82, 2.24) is 9.80 Å². The average Bonchev–Trinajstić information content (AvgIpc) is 3.37. The van der Waals surface area contributed by atoms with Crippen LogP contribution in [0.3, 0.4) is 0 Å². The van der Waals surface area contributed by atoms with E-state index in [2.05, 4.69) is 43.8 Å². The van der Waals surface area contributed by atoms with Gasteiger partial charge in [0, 0.05) is 25.2 Å². The molecule has 3 saturated carbocycles. The molecule has 5 aliphatic rings. The summed E-state index contributed by atoms with van der Waals surface area (Å²) in [7, 11) is 6.39. The van der Waals surface area contributed by atoms with Crippen molar-refractivity contribution >= 4 is 0 Å². The summed E-state index contributed by atoms with van der Waals surface area (Å²) in [6, 6.07) is 9.37. The Bertz CT molecular complexity index is 975. The molecule has 1 spiro atoms. The van der Waals surface area contributed by atoms with E-state index in [1.807, 2.05) is 24.3 Å². The number of allylic oxidation sites excluding steroid dienone is 1. The van der Waals surface area contributed by atoms with Crippen LogP contribution in [0.25, 0.3) is 0 Å². The molecule has 1 aromatic carbocycles. The summed E-state index contributed by atoms with van der Waals surface area (Å²) < 4.78 is 11.3. The molecule has 1 aliphatic heterocycles. The fourth-order valence-corrected chi connectivity index (χ4v) is 9.98. The zero-order valence-electron chi connectivity index (χ0n) is 23.3. The molecule has 0 radical (unpaired) electrons. The quantitative estimate of drug-likeness (QED) is 0.437. The lowest BCUT2D eigenvalue weighted by atomic mass is 9.47. The summed E-state index contributed by atoms with van der Waals surface area (Å²) in [5.74, 6) is 5.57. The predicted molar refractivity (Wildman–Crippen MR) is 147 cm³/mol. The number of fused-ring (bicyclic) bond motifs is 4. The van der Waals surface area contributed by atoms with Crippen molar-refractivity contribution in [2.75, 3.05) is 40.9 Å². The van der Waals surface area contributed by atoms with Crippen molar-refractivity contribution in [3.63, 3.8) is 0 Å². The Hall–Kier alpha value is -1.52. The Morgan fingerprint density at radius 2 is 1.75 bits per heavy atom. The van der Waals surface area contributed by atoms with Gasteiger partial charge in [-0.05, 0) is 131 Å². The van der Waals surface area contributed by atoms with Crippen LogP contribution in [0.1, 0.15) is 65.2 Å². The molecule has 6 rings (SSSR count). The number of methoxy groups -OCH3 is 1. The molecule has 1 heterocycles. The van der Waals surface area contributed by atoms with Gasteiger partial charge in [0.15, 0.2) is 0 Å². The number of hydrogen-bond donors (Lipinski definition) is 0. The van der Waals surface area contributed by atoms with E-state index < -0.39 is 0 Å². The van der Waals surface area contributed by atoms with E-state index in [1.54, 1.807) is 12.7 Å². The Kier molecular flexibility index (Phi) is 6.44. The zero-order chi connectivity index (χ0) is 25.1. The molecule has 0 amide bonds. The van der Waals surface area contributed by atoms with E-state index in [4.69, 9.17) is 9.47 Å². The first-order valence-corrected chi connectivity index (χ1v) is 14.7. The highest BCUT2D eigenvalue weighted by atomic mass is 16.5. The Balaban J connectivity index is 1.09. The lowest BCUT2D eigenvalue weighted by molar-refractivity contribution is -0.0439. The van der Waals surface area contributed by atoms with E-state index in [0.717, 1.165) is 54.4 Å². The van der Waals surface area contributed by atoms with Crippen LogP contribution in [0.15, 0.2) is 35.9 Å². The molecule has 0 bridgehead atoms. The summed E-state index contributed by atoms with van der Waals surface area (Å²) in [6.45, 7) is 8.24. The van der Waals surface area contributed by atoms with Crippen molar-refractivity contribution in [3.05, 3.63) is 35.9 Å². The SMILES string of the molecule is COc1ccc(OCCN(C)[C@H]2CC[C@@]3(C)C(=CC[C@H]4[C@@H]5CC[C@@H]6[C@H](C)N(C)C[C@@]65CC[C@@H]43)C2)cc1. The first-order valence-electron chi connectivity index (χ1n) is 14.7. The molecule has 0 unspecified atom stereocenters. The number of benzene rings is 1. The lowest BCUT2D eigenvalue weighted by Gasteiger charge is -2.58. The van der Waals surface area contributed by atoms with Crippen molar-refractivity contribution in [3.8, 4) is 11.5 Å². The molecule has 1 aromatic rings. The van der Waals surface area contributed by atoms with Gasteiger partial charge in [0.05, 0.1) is 7.11 Å². The van der Waals surface area contributed by atoms with Crippen molar-refractivity contribution in [2.45, 2.75) is 77.3 Å². The summed E-state index contributed by atoms with van der Waals surface area (Å²) in [4.78, 5) is 5.26. The number of likely N-dealkylation sites (tertiary alicyclic amines) is 1. The molecule has 4 nitrogen and oxygen atoms in total. The fourth-order valence-electron chi connectivity index (χ4n) is 9.98. The minimum Gasteiger partial charge on any atom is -0.497 e. The number of rotatable bonds is 6. The van der Waals surface area contributed by atoms with Gasteiger partial charge in [-0.1, -0.05) is 18.6 Å². The van der Waals surface area contributed by atoms with Crippen molar-refractivity contribution < 1.29 is 9.47 Å². The summed E-state index contributed by atoms with van der Waals surface area (Å²) in [6.07, 6.45) is 14.0. The molecule has 4 fully saturated rings. The van der Waals surface area contributed by atoms with Gasteiger partial charge >= 0.3 is 0 Å². The normalized spacial score (nSPS) is 41.8. The van der Waals surface area contributed by atoms with Gasteiger partial charge in [0.1, 0.15) is 18.1 Å². The van der Waals surface area contributed by atoms with E-state index in [0.29, 0.717) is 16.9 Å². The second-order valence-electron chi connectivity index (χ2n) is 13.3. The second kappa shape index (κ2) is 9.34. The predicted octanol–water partition coefficient (Wildman–Crippen LogP) is 6.27. The minimum atomic E-state index is 0.440. The minimum absolute atomic E-state index is 0.440. The lowest BCUT2D eigenvalue weighted by Crippen LogP contribution is -2.52. The molecular formula is C32H48N2O2. The topological polar surface area (TPSA) is 24.9 Å². The van der Waals surface area contributed by atoms with Crippen LogP contribution in [0.5, 0.6) is 11.5 Å². The third-order valence-corrected chi connectivity index (χ3v) is 12.1. The molecule has 0 aromatic heterocycles. The standard InChI is InChI=1S/C32H48N2O2/c1-22-28-12-13-30-27-11-6-23-20-24(33(3)18-19-36-26-9-7-25(35-5)8-10-26)14-16-31(23,2)29(27)15-17-32(28,30)21-34(22)4/h6-10,22,24,27-30H,11-21H2,1-5H3/t22-,24-,27+,28+,29-,30-,31-,32-/m0/s1. The van der Waals surface area contributed by atoms with E-state index >= 15 is 0 Å². The van der Waals surface area contributed by atoms with E-state index in [9.17, 15) is 0 Å². The van der Waals surface area contributed by atoms with Crippen LogP contribution in [-0.2, 0) is 0 Å². The highest BCUT2D eigenvalue weighted by Gasteiger charge is 2.63. The molecule has 1 saturated heterocycles. The molecular weight excluding hydrogens is 444 g/mol. The third-order valence-electron chi connectivity index (χ3n) is 12.1. The summed E-state index contributed by atoms with van der Waals surface area (Å²) in [5.41, 5.74) is 2.87. The van der Waals surface area contributed by atoms with Gasteiger partial charge < -0.3 is 14.4 Å². The molecule has 4 heteroatoms. The highest BCUT2D eigenvalue weighted by molar-refractivity contribution is 5.31. The Labute approximate surface area is 219 Å². The molecule has 198 valence electrons. The first kappa shape index (κ1) is 24.8. The molecule has 36 heavy (non-hydrogen) atoms. The maximum atomic E-state index is 6.04.